The van der Waals surface area contributed by atoms with Crippen molar-refractivity contribution in [2.75, 3.05) is 27.2 Å². The van der Waals surface area contributed by atoms with Gasteiger partial charge in [0.1, 0.15) is 0 Å². The molecule has 1 aromatic rings. The highest BCUT2D eigenvalue weighted by Crippen LogP contribution is 2.25. The molecule has 1 N–H and O–H groups in total. The Balaban J connectivity index is 2.10. The van der Waals surface area contributed by atoms with E-state index in [0.717, 1.165) is 17.5 Å². The van der Waals surface area contributed by atoms with Crippen molar-refractivity contribution >= 4 is 16.1 Å². The average molecular weight is 382 g/mol. The van der Waals surface area contributed by atoms with Crippen molar-refractivity contribution in [3.05, 3.63) is 34.9 Å². The number of piperidine rings is 1. The molecule has 0 bridgehead atoms. The van der Waals surface area contributed by atoms with Crippen LogP contribution in [0.3, 0.4) is 0 Å². The van der Waals surface area contributed by atoms with Crippen molar-refractivity contribution < 1.29 is 13.2 Å². The molecule has 7 heteroatoms. The van der Waals surface area contributed by atoms with Gasteiger partial charge in [-0.3, -0.25) is 4.79 Å². The zero-order valence-electron chi connectivity index (χ0n) is 16.4. The van der Waals surface area contributed by atoms with E-state index in [1.807, 2.05) is 6.92 Å². The number of hydrogen-bond acceptors (Lipinski definition) is 3. The van der Waals surface area contributed by atoms with E-state index in [1.54, 1.807) is 0 Å². The molecule has 1 aliphatic heterocycles. The molecular formula is C19H31N3O3S. The third-order valence-corrected chi connectivity index (χ3v) is 6.98. The lowest BCUT2D eigenvalue weighted by molar-refractivity contribution is -0.126. The van der Waals surface area contributed by atoms with Crippen molar-refractivity contribution in [3.8, 4) is 0 Å². The summed E-state index contributed by atoms with van der Waals surface area (Å²) in [6, 6.07) is 6.20. The minimum atomic E-state index is -3.48. The number of rotatable bonds is 6. The van der Waals surface area contributed by atoms with Gasteiger partial charge in [-0.1, -0.05) is 30.7 Å². The van der Waals surface area contributed by atoms with Gasteiger partial charge in [0.25, 0.3) is 10.2 Å². The molecule has 0 saturated carbocycles. The topological polar surface area (TPSA) is 69.7 Å². The zero-order valence-corrected chi connectivity index (χ0v) is 17.3. The van der Waals surface area contributed by atoms with E-state index in [4.69, 9.17) is 0 Å². The van der Waals surface area contributed by atoms with Crippen LogP contribution in [-0.2, 0) is 15.0 Å². The molecule has 1 heterocycles. The van der Waals surface area contributed by atoms with E-state index in [-0.39, 0.29) is 24.4 Å². The lowest BCUT2D eigenvalue weighted by atomic mass is 9.95. The molecule has 0 spiro atoms. The predicted octanol–water partition coefficient (Wildman–Crippen LogP) is 2.39. The first-order chi connectivity index (χ1) is 12.2. The fourth-order valence-corrected chi connectivity index (χ4v) is 4.69. The Morgan fingerprint density at radius 1 is 1.35 bits per heavy atom. The Kier molecular flexibility index (Phi) is 6.82. The highest BCUT2D eigenvalue weighted by molar-refractivity contribution is 7.86. The average Bonchev–Trinajstić information content (AvgIpc) is 2.60. The molecule has 2 atom stereocenters. The van der Waals surface area contributed by atoms with Crippen molar-refractivity contribution in [3.63, 3.8) is 0 Å². The SMILES string of the molecule is CC[C@@H](NC(=O)[C@@H]1CCCN(S(=O)(=O)N(C)C)C1)c1ccc(C)cc1C. The molecule has 0 aromatic heterocycles. The van der Waals surface area contributed by atoms with E-state index in [2.05, 4.69) is 37.4 Å². The van der Waals surface area contributed by atoms with Gasteiger partial charge in [-0.05, 0) is 44.2 Å². The Labute approximate surface area is 157 Å². The lowest BCUT2D eigenvalue weighted by Gasteiger charge is -2.33. The first-order valence-electron chi connectivity index (χ1n) is 9.22. The summed E-state index contributed by atoms with van der Waals surface area (Å²) in [7, 11) is -0.437. The smallest absolute Gasteiger partial charge is 0.281 e. The Hall–Kier alpha value is -1.44. The number of nitrogens with one attached hydrogen (secondary N) is 1. The van der Waals surface area contributed by atoms with Crippen LogP contribution in [0.25, 0.3) is 0 Å². The van der Waals surface area contributed by atoms with E-state index in [1.165, 1.54) is 28.3 Å². The number of nitrogens with zero attached hydrogens (tertiary/aromatic N) is 2. The minimum absolute atomic E-state index is 0.0519. The van der Waals surface area contributed by atoms with Crippen LogP contribution in [-0.4, -0.2) is 50.1 Å². The summed E-state index contributed by atoms with van der Waals surface area (Å²) in [5.41, 5.74) is 3.49. The molecule has 0 aliphatic carbocycles. The highest BCUT2D eigenvalue weighted by atomic mass is 32.2. The summed E-state index contributed by atoms with van der Waals surface area (Å²) < 4.78 is 27.3. The second-order valence-corrected chi connectivity index (χ2v) is 9.46. The van der Waals surface area contributed by atoms with Gasteiger partial charge in [0.2, 0.25) is 5.91 Å². The van der Waals surface area contributed by atoms with Crippen LogP contribution in [0, 0.1) is 19.8 Å². The van der Waals surface area contributed by atoms with Crippen LogP contribution in [0.2, 0.25) is 0 Å². The fourth-order valence-electron chi connectivity index (χ4n) is 3.50. The molecule has 1 amide bonds. The molecule has 0 unspecified atom stereocenters. The quantitative estimate of drug-likeness (QED) is 0.823. The van der Waals surface area contributed by atoms with Gasteiger partial charge in [-0.2, -0.15) is 17.0 Å². The van der Waals surface area contributed by atoms with Crippen LogP contribution in [0.4, 0.5) is 0 Å². The van der Waals surface area contributed by atoms with Gasteiger partial charge in [0.05, 0.1) is 12.0 Å². The van der Waals surface area contributed by atoms with E-state index < -0.39 is 10.2 Å². The van der Waals surface area contributed by atoms with Crippen LogP contribution in [0.5, 0.6) is 0 Å². The maximum atomic E-state index is 12.8. The van der Waals surface area contributed by atoms with Gasteiger partial charge in [-0.15, -0.1) is 0 Å². The molecular weight excluding hydrogens is 350 g/mol. The largest absolute Gasteiger partial charge is 0.349 e. The molecule has 1 aromatic carbocycles. The second-order valence-electron chi connectivity index (χ2n) is 7.32. The van der Waals surface area contributed by atoms with Crippen LogP contribution >= 0.6 is 0 Å². The number of amides is 1. The van der Waals surface area contributed by atoms with Gasteiger partial charge in [0.15, 0.2) is 0 Å². The summed E-state index contributed by atoms with van der Waals surface area (Å²) in [5, 5.41) is 3.14. The minimum Gasteiger partial charge on any atom is -0.349 e. The number of hydrogen-bond donors (Lipinski definition) is 1. The zero-order chi connectivity index (χ0) is 19.5. The van der Waals surface area contributed by atoms with Crippen LogP contribution in [0.15, 0.2) is 18.2 Å². The normalized spacial score (nSPS) is 20.2. The highest BCUT2D eigenvalue weighted by Gasteiger charge is 2.34. The van der Waals surface area contributed by atoms with Gasteiger partial charge in [0, 0.05) is 27.2 Å². The lowest BCUT2D eigenvalue weighted by Crippen LogP contribution is -2.49. The molecule has 146 valence electrons. The first kappa shape index (κ1) is 20.9. The summed E-state index contributed by atoms with van der Waals surface area (Å²) in [4.78, 5) is 12.8. The van der Waals surface area contributed by atoms with Crippen molar-refractivity contribution in [1.29, 1.82) is 0 Å². The summed E-state index contributed by atoms with van der Waals surface area (Å²) in [6.07, 6.45) is 2.21. The van der Waals surface area contributed by atoms with Crippen molar-refractivity contribution in [2.24, 2.45) is 5.92 Å². The number of carbonyl (C=O) groups is 1. The summed E-state index contributed by atoms with van der Waals surface area (Å²) >= 11 is 0. The third-order valence-electron chi connectivity index (χ3n) is 5.07. The Bertz CT molecular complexity index is 746. The van der Waals surface area contributed by atoms with Crippen LogP contribution < -0.4 is 5.32 Å². The van der Waals surface area contributed by atoms with Crippen LogP contribution in [0.1, 0.15) is 48.9 Å². The molecule has 1 aliphatic rings. The number of aryl methyl sites for hydroxylation is 2. The maximum absolute atomic E-state index is 12.8. The van der Waals surface area contributed by atoms with Crippen molar-refractivity contribution in [2.45, 2.75) is 46.1 Å². The Morgan fingerprint density at radius 2 is 2.04 bits per heavy atom. The van der Waals surface area contributed by atoms with E-state index in [0.29, 0.717) is 19.4 Å². The molecule has 1 saturated heterocycles. The third kappa shape index (κ3) is 4.64. The fraction of sp³-hybridized carbons (Fsp3) is 0.632. The second kappa shape index (κ2) is 8.50. The molecule has 0 radical (unpaired) electrons. The molecule has 6 nitrogen and oxygen atoms in total. The van der Waals surface area contributed by atoms with Gasteiger partial charge >= 0.3 is 0 Å². The monoisotopic (exact) mass is 381 g/mol. The van der Waals surface area contributed by atoms with E-state index >= 15 is 0 Å². The van der Waals surface area contributed by atoms with E-state index in [9.17, 15) is 13.2 Å². The van der Waals surface area contributed by atoms with Gasteiger partial charge < -0.3 is 5.32 Å². The standard InChI is InChI=1S/C19H31N3O3S/c1-6-18(17-10-9-14(2)12-15(17)3)20-19(23)16-8-7-11-22(13-16)26(24,25)21(4)5/h9-10,12,16,18H,6-8,11,13H2,1-5H3,(H,20,23)/t16-,18-/m1/s1. The molecule has 1 fully saturated rings. The summed E-state index contributed by atoms with van der Waals surface area (Å²) in [5.74, 6) is -0.367. The summed E-state index contributed by atoms with van der Waals surface area (Å²) in [6.45, 7) is 6.88. The van der Waals surface area contributed by atoms with Crippen molar-refractivity contribution in [1.82, 2.24) is 13.9 Å². The number of carbonyl (C=O) groups excluding carboxylic acids is 1. The Morgan fingerprint density at radius 3 is 2.62 bits per heavy atom. The number of benzene rings is 1. The molecule has 26 heavy (non-hydrogen) atoms. The van der Waals surface area contributed by atoms with Gasteiger partial charge in [-0.25, -0.2) is 0 Å². The first-order valence-corrected chi connectivity index (χ1v) is 10.6. The predicted molar refractivity (Wildman–Crippen MR) is 104 cm³/mol. The molecule has 2 rings (SSSR count). The maximum Gasteiger partial charge on any atom is 0.281 e.